The quantitative estimate of drug-likeness (QED) is 0.775. The van der Waals surface area contributed by atoms with E-state index < -0.39 is 0 Å². The normalized spacial score (nSPS) is 23.6. The van der Waals surface area contributed by atoms with Crippen molar-refractivity contribution in [3.8, 4) is 0 Å². The molecule has 2 fully saturated rings. The van der Waals surface area contributed by atoms with Crippen LogP contribution in [0.3, 0.4) is 0 Å². The molecule has 0 bridgehead atoms. The van der Waals surface area contributed by atoms with Gasteiger partial charge in [0, 0.05) is 12.5 Å². The van der Waals surface area contributed by atoms with Gasteiger partial charge in [-0.25, -0.2) is 0 Å². The highest BCUT2D eigenvalue weighted by atomic mass is 16.3. The molecule has 2 heterocycles. The van der Waals surface area contributed by atoms with Gasteiger partial charge in [0.1, 0.15) is 0 Å². The number of nitrogens with zero attached hydrogens (tertiary/aromatic N) is 2. The van der Waals surface area contributed by atoms with Crippen molar-refractivity contribution in [3.05, 3.63) is 11.4 Å². The number of carbonyl (C=O) groups is 1. The maximum absolute atomic E-state index is 12.7. The molecule has 3 rings (SSSR count). The molecule has 1 aromatic rings. The molecular weight excluding hydrogens is 256 g/mol. The molecule has 0 spiro atoms. The summed E-state index contributed by atoms with van der Waals surface area (Å²) in [5.74, 6) is 0.299. The number of nitrogen functional groups attached to an aromatic ring is 1. The Morgan fingerprint density at radius 1 is 1.35 bits per heavy atom. The number of amides is 1. The Morgan fingerprint density at radius 2 is 2.15 bits per heavy atom. The summed E-state index contributed by atoms with van der Waals surface area (Å²) in [6.45, 7) is 0.681. The van der Waals surface area contributed by atoms with E-state index >= 15 is 0 Å². The predicted molar refractivity (Wildman–Crippen MR) is 75.4 cm³/mol. The van der Waals surface area contributed by atoms with E-state index in [1.165, 1.54) is 0 Å². The van der Waals surface area contributed by atoms with E-state index in [2.05, 4.69) is 10.2 Å². The number of anilines is 1. The van der Waals surface area contributed by atoms with Gasteiger partial charge in [-0.1, -0.05) is 12.8 Å². The third-order valence-electron chi connectivity index (χ3n) is 4.37. The Bertz CT molecular complexity index is 495. The summed E-state index contributed by atoms with van der Waals surface area (Å²) in [7, 11) is 0. The molecule has 0 radical (unpaired) electrons. The number of rotatable bonds is 3. The van der Waals surface area contributed by atoms with Gasteiger partial charge in [0.2, 0.25) is 0 Å². The van der Waals surface area contributed by atoms with Gasteiger partial charge in [-0.15, -0.1) is 0 Å². The third-order valence-corrected chi connectivity index (χ3v) is 4.37. The van der Waals surface area contributed by atoms with Crippen molar-refractivity contribution in [2.45, 2.75) is 50.5 Å². The highest BCUT2D eigenvalue weighted by Crippen LogP contribution is 2.42. The average molecular weight is 278 g/mol. The van der Waals surface area contributed by atoms with Crippen molar-refractivity contribution in [3.63, 3.8) is 0 Å². The molecule has 1 saturated carbocycles. The minimum Gasteiger partial charge on any atom is -0.395 e. The lowest BCUT2D eigenvalue weighted by molar-refractivity contribution is 0.0595. The third kappa shape index (κ3) is 2.40. The predicted octanol–water partition coefficient (Wildman–Crippen LogP) is 1.25. The molecule has 1 aliphatic carbocycles. The summed E-state index contributed by atoms with van der Waals surface area (Å²) in [6, 6.07) is -0.106. The molecule has 2 aliphatic rings. The first-order valence-corrected chi connectivity index (χ1v) is 7.48. The van der Waals surface area contributed by atoms with E-state index in [-0.39, 0.29) is 18.6 Å². The van der Waals surface area contributed by atoms with Crippen molar-refractivity contribution in [1.82, 2.24) is 15.1 Å². The Hall–Kier alpha value is -1.56. The molecule has 1 amide bonds. The summed E-state index contributed by atoms with van der Waals surface area (Å²) in [5, 5.41) is 16.5. The lowest BCUT2D eigenvalue weighted by atomic mass is 10.1. The number of hydrogen-bond acceptors (Lipinski definition) is 4. The highest BCUT2D eigenvalue weighted by molar-refractivity contribution is 5.98. The zero-order chi connectivity index (χ0) is 14.1. The zero-order valence-corrected chi connectivity index (χ0v) is 11.6. The average Bonchev–Trinajstić information content (AvgIpc) is 3.25. The van der Waals surface area contributed by atoms with E-state index in [1.807, 2.05) is 0 Å². The second-order valence-electron chi connectivity index (χ2n) is 5.86. The molecule has 1 saturated heterocycles. The Kier molecular flexibility index (Phi) is 3.65. The fourth-order valence-electron chi connectivity index (χ4n) is 2.98. The van der Waals surface area contributed by atoms with Crippen molar-refractivity contribution >= 4 is 11.6 Å². The van der Waals surface area contributed by atoms with Crippen LogP contribution in [0.25, 0.3) is 0 Å². The Labute approximate surface area is 118 Å². The van der Waals surface area contributed by atoms with Crippen LogP contribution in [0, 0.1) is 0 Å². The van der Waals surface area contributed by atoms with Crippen LogP contribution in [0.2, 0.25) is 0 Å². The van der Waals surface area contributed by atoms with Crippen LogP contribution < -0.4 is 5.73 Å². The van der Waals surface area contributed by atoms with Gasteiger partial charge in [-0.05, 0) is 25.7 Å². The van der Waals surface area contributed by atoms with Crippen LogP contribution >= 0.6 is 0 Å². The monoisotopic (exact) mass is 278 g/mol. The maximum Gasteiger partial charge on any atom is 0.276 e. The summed E-state index contributed by atoms with van der Waals surface area (Å²) < 4.78 is 0. The number of H-pyrrole nitrogens is 1. The van der Waals surface area contributed by atoms with Gasteiger partial charge in [0.05, 0.1) is 24.0 Å². The van der Waals surface area contributed by atoms with Crippen LogP contribution in [0.5, 0.6) is 0 Å². The summed E-state index contributed by atoms with van der Waals surface area (Å²) in [4.78, 5) is 14.4. The van der Waals surface area contributed by atoms with Gasteiger partial charge in [-0.3, -0.25) is 9.89 Å². The van der Waals surface area contributed by atoms with Gasteiger partial charge < -0.3 is 15.7 Å². The Balaban J connectivity index is 1.82. The van der Waals surface area contributed by atoms with E-state index in [0.29, 0.717) is 23.8 Å². The lowest BCUT2D eigenvalue weighted by Crippen LogP contribution is -2.42. The van der Waals surface area contributed by atoms with Crippen molar-refractivity contribution < 1.29 is 9.90 Å². The van der Waals surface area contributed by atoms with Crippen LogP contribution in [-0.2, 0) is 0 Å². The van der Waals surface area contributed by atoms with Crippen molar-refractivity contribution in [2.24, 2.45) is 0 Å². The molecule has 1 atom stereocenters. The molecule has 20 heavy (non-hydrogen) atoms. The Morgan fingerprint density at radius 3 is 2.85 bits per heavy atom. The second kappa shape index (κ2) is 5.44. The molecule has 1 aromatic heterocycles. The van der Waals surface area contributed by atoms with Crippen LogP contribution in [0.4, 0.5) is 5.69 Å². The first-order chi connectivity index (χ1) is 9.72. The van der Waals surface area contributed by atoms with Crippen LogP contribution in [0.1, 0.15) is 60.6 Å². The number of aliphatic hydroxyl groups is 1. The second-order valence-corrected chi connectivity index (χ2v) is 5.86. The molecule has 4 N–H and O–H groups in total. The summed E-state index contributed by atoms with van der Waals surface area (Å²) in [5.41, 5.74) is 7.80. The largest absolute Gasteiger partial charge is 0.395 e. The number of likely N-dealkylation sites (tertiary alicyclic amines) is 1. The van der Waals surface area contributed by atoms with Gasteiger partial charge >= 0.3 is 0 Å². The molecule has 0 aromatic carbocycles. The highest BCUT2D eigenvalue weighted by Gasteiger charge is 2.33. The first kappa shape index (κ1) is 13.4. The maximum atomic E-state index is 12.7. The van der Waals surface area contributed by atoms with E-state index in [0.717, 1.165) is 44.2 Å². The molecule has 110 valence electrons. The van der Waals surface area contributed by atoms with Gasteiger partial charge in [0.25, 0.3) is 5.91 Å². The fourth-order valence-corrected chi connectivity index (χ4v) is 2.98. The number of nitrogens with one attached hydrogen (secondary N) is 1. The smallest absolute Gasteiger partial charge is 0.276 e. The number of aromatic amines is 1. The number of hydrogen-bond donors (Lipinski definition) is 3. The van der Waals surface area contributed by atoms with Crippen LogP contribution in [0.15, 0.2) is 0 Å². The van der Waals surface area contributed by atoms with Crippen molar-refractivity contribution in [2.75, 3.05) is 18.9 Å². The molecule has 6 nitrogen and oxygen atoms in total. The summed E-state index contributed by atoms with van der Waals surface area (Å²) >= 11 is 0. The van der Waals surface area contributed by atoms with Crippen LogP contribution in [-0.4, -0.2) is 45.3 Å². The van der Waals surface area contributed by atoms with E-state index in [9.17, 15) is 9.90 Å². The molecule has 6 heteroatoms. The first-order valence-electron chi connectivity index (χ1n) is 7.48. The SMILES string of the molecule is Nc1c(C(=O)N2CCCCCC2CO)n[nH]c1C1CC1. The minimum atomic E-state index is -0.147. The van der Waals surface area contributed by atoms with E-state index in [4.69, 9.17) is 5.73 Å². The number of aromatic nitrogens is 2. The summed E-state index contributed by atoms with van der Waals surface area (Å²) in [6.07, 6.45) is 6.21. The van der Waals surface area contributed by atoms with Gasteiger partial charge in [0.15, 0.2) is 5.69 Å². The number of nitrogens with two attached hydrogens (primary N) is 1. The standard InChI is InChI=1S/C14H22N4O2/c15-11-12(9-5-6-9)16-17-13(11)14(20)18-7-3-1-2-4-10(18)8-19/h9-10,19H,1-8,15H2,(H,16,17). The van der Waals surface area contributed by atoms with E-state index in [1.54, 1.807) is 4.90 Å². The number of carbonyl (C=O) groups excluding carboxylic acids is 1. The van der Waals surface area contributed by atoms with Crippen molar-refractivity contribution in [1.29, 1.82) is 0 Å². The molecule has 1 aliphatic heterocycles. The topological polar surface area (TPSA) is 95.2 Å². The fraction of sp³-hybridized carbons (Fsp3) is 0.714. The van der Waals surface area contributed by atoms with Gasteiger partial charge in [-0.2, -0.15) is 5.10 Å². The molecular formula is C14H22N4O2. The lowest BCUT2D eigenvalue weighted by Gasteiger charge is -2.28. The molecule has 1 unspecified atom stereocenters. The minimum absolute atomic E-state index is 0.00551. The number of aliphatic hydroxyl groups excluding tert-OH is 1. The zero-order valence-electron chi connectivity index (χ0n) is 11.6.